The summed E-state index contributed by atoms with van der Waals surface area (Å²) >= 11 is 0. The van der Waals surface area contributed by atoms with Crippen LogP contribution in [0.25, 0.3) is 0 Å². The molecule has 0 spiro atoms. The van der Waals surface area contributed by atoms with Gasteiger partial charge in [-0.05, 0) is 0 Å². The van der Waals surface area contributed by atoms with E-state index in [4.69, 9.17) is 5.11 Å². The van der Waals surface area contributed by atoms with E-state index >= 15 is 0 Å². The van der Waals surface area contributed by atoms with Gasteiger partial charge < -0.3 is 9.84 Å². The third kappa shape index (κ3) is 6.83. The summed E-state index contributed by atoms with van der Waals surface area (Å²) in [6, 6.07) is 0. The molecule has 0 heterocycles. The SMILES string of the molecule is CCC#CCOC(=O)O. The van der Waals surface area contributed by atoms with Crippen molar-refractivity contribution in [1.29, 1.82) is 0 Å². The molecule has 0 atom stereocenters. The van der Waals surface area contributed by atoms with Gasteiger partial charge in [0.15, 0.2) is 6.61 Å². The molecule has 0 radical (unpaired) electrons. The van der Waals surface area contributed by atoms with Crippen LogP contribution in [0.15, 0.2) is 0 Å². The number of ether oxygens (including phenoxy) is 1. The number of hydrogen-bond acceptors (Lipinski definition) is 2. The van der Waals surface area contributed by atoms with Gasteiger partial charge in [-0.1, -0.05) is 12.8 Å². The lowest BCUT2D eigenvalue weighted by molar-refractivity contribution is 0.103. The van der Waals surface area contributed by atoms with Crippen molar-refractivity contribution in [3.63, 3.8) is 0 Å². The maximum atomic E-state index is 9.67. The van der Waals surface area contributed by atoms with Gasteiger partial charge in [-0.25, -0.2) is 4.79 Å². The first-order valence-corrected chi connectivity index (χ1v) is 2.58. The number of rotatable bonds is 1. The molecule has 3 nitrogen and oxygen atoms in total. The summed E-state index contributed by atoms with van der Waals surface area (Å²) < 4.78 is 4.09. The van der Waals surface area contributed by atoms with E-state index in [1.54, 1.807) is 0 Å². The van der Waals surface area contributed by atoms with Crippen LogP contribution in [0.5, 0.6) is 0 Å². The highest BCUT2D eigenvalue weighted by Gasteiger charge is 1.88. The Hall–Kier alpha value is -1.17. The number of hydrogen-bond donors (Lipinski definition) is 1. The van der Waals surface area contributed by atoms with E-state index in [1.165, 1.54) is 0 Å². The Labute approximate surface area is 53.6 Å². The minimum atomic E-state index is -1.28. The minimum Gasteiger partial charge on any atom is -0.450 e. The zero-order chi connectivity index (χ0) is 7.11. The fraction of sp³-hybridized carbons (Fsp3) is 0.500. The molecule has 0 aliphatic carbocycles. The normalized spacial score (nSPS) is 7.22. The standard InChI is InChI=1S/C6H8O3/c1-2-3-4-5-9-6(7)8/h2,5H2,1H3,(H,7,8). The molecule has 50 valence electrons. The van der Waals surface area contributed by atoms with Gasteiger partial charge >= 0.3 is 6.16 Å². The molecular formula is C6H8O3. The fourth-order valence-electron chi connectivity index (χ4n) is 0.274. The van der Waals surface area contributed by atoms with Crippen LogP contribution >= 0.6 is 0 Å². The molecule has 0 amide bonds. The molecule has 0 aromatic rings. The van der Waals surface area contributed by atoms with Gasteiger partial charge in [0.05, 0.1) is 0 Å². The third-order valence-corrected chi connectivity index (χ3v) is 0.570. The Morgan fingerprint density at radius 1 is 1.67 bits per heavy atom. The first-order valence-electron chi connectivity index (χ1n) is 2.58. The van der Waals surface area contributed by atoms with Gasteiger partial charge in [0.1, 0.15) is 0 Å². The highest BCUT2D eigenvalue weighted by atomic mass is 16.7. The summed E-state index contributed by atoms with van der Waals surface area (Å²) in [6.45, 7) is 1.86. The first-order chi connectivity index (χ1) is 4.27. The molecule has 0 fully saturated rings. The van der Waals surface area contributed by atoms with E-state index in [1.807, 2.05) is 6.92 Å². The van der Waals surface area contributed by atoms with E-state index in [9.17, 15) is 4.79 Å². The third-order valence-electron chi connectivity index (χ3n) is 0.570. The van der Waals surface area contributed by atoms with Crippen LogP contribution in [0.2, 0.25) is 0 Å². The van der Waals surface area contributed by atoms with Crippen molar-refractivity contribution < 1.29 is 14.6 Å². The zero-order valence-electron chi connectivity index (χ0n) is 5.18. The topological polar surface area (TPSA) is 46.5 Å². The molecular weight excluding hydrogens is 120 g/mol. The van der Waals surface area contributed by atoms with Gasteiger partial charge in [-0.3, -0.25) is 0 Å². The summed E-state index contributed by atoms with van der Waals surface area (Å²) in [5.74, 6) is 5.18. The highest BCUT2D eigenvalue weighted by Crippen LogP contribution is 1.73. The number of carbonyl (C=O) groups is 1. The smallest absolute Gasteiger partial charge is 0.450 e. The fourth-order valence-corrected chi connectivity index (χ4v) is 0.274. The Balaban J connectivity index is 3.19. The van der Waals surface area contributed by atoms with Crippen molar-refractivity contribution >= 4 is 6.16 Å². The molecule has 0 unspecified atom stereocenters. The molecule has 0 saturated heterocycles. The number of carboxylic acid groups (broad SMARTS) is 1. The predicted octanol–water partition coefficient (Wildman–Crippen LogP) is 1.09. The van der Waals surface area contributed by atoms with Gasteiger partial charge in [0.2, 0.25) is 0 Å². The maximum Gasteiger partial charge on any atom is 0.506 e. The Kier molecular flexibility index (Phi) is 4.33. The minimum absolute atomic E-state index is 0.0246. The molecule has 0 aliphatic heterocycles. The summed E-state index contributed by atoms with van der Waals surface area (Å²) in [6.07, 6.45) is -0.552. The second-order valence-corrected chi connectivity index (χ2v) is 1.26. The Morgan fingerprint density at radius 3 is 2.78 bits per heavy atom. The molecule has 0 aliphatic rings. The monoisotopic (exact) mass is 128 g/mol. The largest absolute Gasteiger partial charge is 0.506 e. The van der Waals surface area contributed by atoms with Crippen LogP contribution in [0.4, 0.5) is 4.79 Å². The quantitative estimate of drug-likeness (QED) is 0.424. The van der Waals surface area contributed by atoms with E-state index in [2.05, 4.69) is 16.6 Å². The molecule has 0 saturated carbocycles. The molecule has 9 heavy (non-hydrogen) atoms. The van der Waals surface area contributed by atoms with E-state index in [0.29, 0.717) is 0 Å². The van der Waals surface area contributed by atoms with Crippen molar-refractivity contribution in [1.82, 2.24) is 0 Å². The van der Waals surface area contributed by atoms with Crippen LogP contribution in [-0.2, 0) is 4.74 Å². The lowest BCUT2D eigenvalue weighted by atomic mass is 10.5. The molecule has 3 heteroatoms. The molecule has 0 aromatic heterocycles. The van der Waals surface area contributed by atoms with Gasteiger partial charge in [0, 0.05) is 6.42 Å². The van der Waals surface area contributed by atoms with Crippen molar-refractivity contribution in [2.45, 2.75) is 13.3 Å². The molecule has 0 bridgehead atoms. The predicted molar refractivity (Wildman–Crippen MR) is 32.0 cm³/mol. The second kappa shape index (κ2) is 4.98. The van der Waals surface area contributed by atoms with Gasteiger partial charge in [-0.15, -0.1) is 5.92 Å². The van der Waals surface area contributed by atoms with E-state index < -0.39 is 6.16 Å². The molecule has 1 N–H and O–H groups in total. The van der Waals surface area contributed by atoms with Crippen molar-refractivity contribution in [2.24, 2.45) is 0 Å². The summed E-state index contributed by atoms with van der Waals surface area (Å²) in [7, 11) is 0. The lowest BCUT2D eigenvalue weighted by Gasteiger charge is -1.88. The van der Waals surface area contributed by atoms with Crippen molar-refractivity contribution in [2.75, 3.05) is 6.61 Å². The highest BCUT2D eigenvalue weighted by molar-refractivity contribution is 5.57. The summed E-state index contributed by atoms with van der Waals surface area (Å²) in [5.41, 5.74) is 0. The zero-order valence-corrected chi connectivity index (χ0v) is 5.18. The van der Waals surface area contributed by atoms with Crippen molar-refractivity contribution in [3.05, 3.63) is 0 Å². The average molecular weight is 128 g/mol. The van der Waals surface area contributed by atoms with E-state index in [0.717, 1.165) is 6.42 Å². The second-order valence-electron chi connectivity index (χ2n) is 1.26. The maximum absolute atomic E-state index is 9.67. The Morgan fingerprint density at radius 2 is 2.33 bits per heavy atom. The summed E-state index contributed by atoms with van der Waals surface area (Å²) in [5, 5.41) is 7.92. The summed E-state index contributed by atoms with van der Waals surface area (Å²) in [4.78, 5) is 9.67. The first kappa shape index (κ1) is 7.83. The van der Waals surface area contributed by atoms with Crippen LogP contribution in [0.3, 0.4) is 0 Å². The molecule has 0 aromatic carbocycles. The van der Waals surface area contributed by atoms with Gasteiger partial charge in [-0.2, -0.15) is 0 Å². The molecule has 0 rings (SSSR count). The Bertz CT molecular complexity index is 140. The van der Waals surface area contributed by atoms with Crippen LogP contribution in [0, 0.1) is 11.8 Å². The average Bonchev–Trinajstić information content (AvgIpc) is 1.80. The van der Waals surface area contributed by atoms with Crippen LogP contribution < -0.4 is 0 Å². The van der Waals surface area contributed by atoms with Crippen molar-refractivity contribution in [3.8, 4) is 11.8 Å². The van der Waals surface area contributed by atoms with Crippen LogP contribution in [0.1, 0.15) is 13.3 Å². The lowest BCUT2D eigenvalue weighted by Crippen LogP contribution is -1.99. The van der Waals surface area contributed by atoms with Gasteiger partial charge in [0.25, 0.3) is 0 Å². The van der Waals surface area contributed by atoms with Crippen LogP contribution in [-0.4, -0.2) is 17.9 Å². The van der Waals surface area contributed by atoms with E-state index in [-0.39, 0.29) is 6.61 Å².